The van der Waals surface area contributed by atoms with Crippen molar-refractivity contribution in [2.45, 2.75) is 31.6 Å². The van der Waals surface area contributed by atoms with Gasteiger partial charge in [-0.3, -0.25) is 10.3 Å². The van der Waals surface area contributed by atoms with Crippen molar-refractivity contribution in [3.8, 4) is 5.75 Å². The number of benzene rings is 1. The van der Waals surface area contributed by atoms with Crippen LogP contribution in [-0.2, 0) is 4.74 Å². The Morgan fingerprint density at radius 2 is 2.05 bits per heavy atom. The number of anilines is 1. The number of pyridine rings is 2. The number of carboxylic acid groups (broad SMARTS) is 1. The van der Waals surface area contributed by atoms with E-state index in [-0.39, 0.29) is 24.5 Å². The number of likely N-dealkylation sites (tertiary alicyclic amines) is 1. The van der Waals surface area contributed by atoms with Crippen LogP contribution in [0.2, 0.25) is 0 Å². The van der Waals surface area contributed by atoms with Crippen LogP contribution < -0.4 is 15.5 Å². The predicted octanol–water partition coefficient (Wildman–Crippen LogP) is 4.35. The van der Waals surface area contributed by atoms with E-state index in [0.717, 1.165) is 22.7 Å². The molecule has 2 atom stereocenters. The number of ether oxygens (including phenoxy) is 2. The molecular formula is C26H29F3N6O4. The molecule has 4 rings (SSSR count). The summed E-state index contributed by atoms with van der Waals surface area (Å²) in [6.07, 6.45) is -2.87. The second-order valence-corrected chi connectivity index (χ2v) is 9.06. The predicted molar refractivity (Wildman–Crippen MR) is 139 cm³/mol. The van der Waals surface area contributed by atoms with Crippen molar-refractivity contribution < 1.29 is 32.5 Å². The molecule has 1 fully saturated rings. The van der Waals surface area contributed by atoms with E-state index in [9.17, 15) is 18.0 Å². The van der Waals surface area contributed by atoms with Crippen LogP contribution in [0.25, 0.3) is 10.9 Å². The average Bonchev–Trinajstić information content (AvgIpc) is 3.32. The Morgan fingerprint density at radius 3 is 2.74 bits per heavy atom. The summed E-state index contributed by atoms with van der Waals surface area (Å²) in [6, 6.07) is 7.81. The number of aryl methyl sites for hydroxylation is 1. The van der Waals surface area contributed by atoms with Gasteiger partial charge in [-0.25, -0.2) is 14.8 Å². The number of hydrogen-bond donors (Lipinski definition) is 3. The molecule has 39 heavy (non-hydrogen) atoms. The normalized spacial score (nSPS) is 17.0. The molecule has 0 saturated carbocycles. The minimum absolute atomic E-state index is 0.0387. The average molecular weight is 547 g/mol. The lowest BCUT2D eigenvalue weighted by Crippen LogP contribution is -2.40. The molecular weight excluding hydrogens is 517 g/mol. The van der Waals surface area contributed by atoms with Gasteiger partial charge in [-0.2, -0.15) is 18.3 Å². The summed E-state index contributed by atoms with van der Waals surface area (Å²) in [5.74, 6) is 0.969. The van der Waals surface area contributed by atoms with Crippen LogP contribution in [0.5, 0.6) is 5.75 Å². The first-order valence-electron chi connectivity index (χ1n) is 12.2. The fourth-order valence-corrected chi connectivity index (χ4v) is 4.51. The Hall–Kier alpha value is -3.97. The fraction of sp³-hybridized carbons (Fsp3) is 0.385. The number of nitrogens with zero attached hydrogens (tertiary/aromatic N) is 4. The summed E-state index contributed by atoms with van der Waals surface area (Å²) >= 11 is 0. The molecule has 1 amide bonds. The monoisotopic (exact) mass is 546 g/mol. The highest BCUT2D eigenvalue weighted by Crippen LogP contribution is 2.39. The Bertz CT molecular complexity index is 1320. The number of halogens is 3. The number of aromatic nitrogens is 2. The summed E-state index contributed by atoms with van der Waals surface area (Å²) < 4.78 is 52.5. The van der Waals surface area contributed by atoms with E-state index in [1.807, 2.05) is 25.1 Å². The third kappa shape index (κ3) is 7.12. The minimum atomic E-state index is -4.55. The Kier molecular flexibility index (Phi) is 8.82. The zero-order valence-corrected chi connectivity index (χ0v) is 21.4. The van der Waals surface area contributed by atoms with Gasteiger partial charge in [-0.1, -0.05) is 12.1 Å². The minimum Gasteiger partial charge on any atom is -0.491 e. The van der Waals surface area contributed by atoms with E-state index in [1.54, 1.807) is 13.2 Å². The summed E-state index contributed by atoms with van der Waals surface area (Å²) in [6.45, 7) is 2.88. The number of carbonyl (C=O) groups is 1. The molecule has 1 saturated heterocycles. The maximum atomic E-state index is 13.9. The van der Waals surface area contributed by atoms with Crippen molar-refractivity contribution in [2.75, 3.05) is 38.8 Å². The Labute approximate surface area is 222 Å². The molecule has 3 aromatic rings. The number of amides is 1. The second kappa shape index (κ2) is 12.3. The zero-order valence-electron chi connectivity index (χ0n) is 21.4. The van der Waals surface area contributed by atoms with Crippen molar-refractivity contribution in [1.29, 1.82) is 0 Å². The van der Waals surface area contributed by atoms with Crippen molar-refractivity contribution >= 4 is 29.0 Å². The van der Waals surface area contributed by atoms with Crippen molar-refractivity contribution in [2.24, 2.45) is 5.10 Å². The highest BCUT2D eigenvalue weighted by molar-refractivity contribution is 5.88. The first-order chi connectivity index (χ1) is 18.7. The van der Waals surface area contributed by atoms with Gasteiger partial charge < -0.3 is 19.9 Å². The summed E-state index contributed by atoms with van der Waals surface area (Å²) in [7, 11) is 1.60. The van der Waals surface area contributed by atoms with Gasteiger partial charge in [-0.15, -0.1) is 0 Å². The van der Waals surface area contributed by atoms with Crippen molar-refractivity contribution in [1.82, 2.24) is 20.2 Å². The standard InChI is InChI=1S/C26H29F3N6O4/c1-16-21(39-12-11-38-2)7-4-17-3-6-19(32-23(16)17)14-31-34-22-8-5-18(13-30-22)24(26(27,28)29)35-10-9-20(15-35)33-25(36)37/h3-8,13-14,20,24,33H,9-12,15H2,1-2H3,(H,30,34)(H,36,37)/b31-14+/t20-,24+/m0/s1. The number of hydrazone groups is 1. The van der Waals surface area contributed by atoms with Crippen LogP contribution in [0.3, 0.4) is 0 Å². The van der Waals surface area contributed by atoms with E-state index in [0.29, 0.717) is 31.1 Å². The molecule has 1 aromatic carbocycles. The van der Waals surface area contributed by atoms with Crippen LogP contribution >= 0.6 is 0 Å². The number of nitrogens with one attached hydrogen (secondary N) is 2. The lowest BCUT2D eigenvalue weighted by atomic mass is 10.1. The number of alkyl halides is 3. The third-order valence-corrected chi connectivity index (χ3v) is 6.33. The fourth-order valence-electron chi connectivity index (χ4n) is 4.51. The topological polar surface area (TPSA) is 121 Å². The second-order valence-electron chi connectivity index (χ2n) is 9.06. The molecule has 1 aliphatic heterocycles. The molecule has 1 aliphatic rings. The molecule has 0 spiro atoms. The third-order valence-electron chi connectivity index (χ3n) is 6.33. The summed E-state index contributed by atoms with van der Waals surface area (Å²) in [5, 5.41) is 16.2. The Morgan fingerprint density at radius 1 is 1.26 bits per heavy atom. The van der Waals surface area contributed by atoms with E-state index in [1.165, 1.54) is 23.2 Å². The highest BCUT2D eigenvalue weighted by Gasteiger charge is 2.47. The SMILES string of the molecule is COCCOc1ccc2ccc(/C=N/Nc3ccc([C@@H](N4CC[C@H](NC(=O)O)C4)C(F)(F)F)cn3)nc2c1C. The van der Waals surface area contributed by atoms with Crippen LogP contribution in [-0.4, -0.2) is 77.9 Å². The van der Waals surface area contributed by atoms with Crippen LogP contribution in [0.15, 0.2) is 47.7 Å². The van der Waals surface area contributed by atoms with Crippen molar-refractivity contribution in [3.05, 3.63) is 59.4 Å². The molecule has 13 heteroatoms. The molecule has 3 heterocycles. The van der Waals surface area contributed by atoms with Crippen LogP contribution in [0.1, 0.15) is 29.3 Å². The van der Waals surface area contributed by atoms with Crippen molar-refractivity contribution in [3.63, 3.8) is 0 Å². The molecule has 0 aliphatic carbocycles. The van der Waals surface area contributed by atoms with Gasteiger partial charge in [0.15, 0.2) is 0 Å². The molecule has 208 valence electrons. The largest absolute Gasteiger partial charge is 0.491 e. The number of rotatable bonds is 10. The summed E-state index contributed by atoms with van der Waals surface area (Å²) in [5.41, 5.74) is 4.89. The smallest absolute Gasteiger partial charge is 0.408 e. The first kappa shape index (κ1) is 28.0. The van der Waals surface area contributed by atoms with Gasteiger partial charge in [0.1, 0.15) is 24.2 Å². The van der Waals surface area contributed by atoms with Crippen LogP contribution in [0, 0.1) is 6.92 Å². The zero-order chi connectivity index (χ0) is 28.0. The lowest BCUT2D eigenvalue weighted by Gasteiger charge is -2.30. The maximum absolute atomic E-state index is 13.9. The molecule has 0 radical (unpaired) electrons. The molecule has 0 unspecified atom stereocenters. The summed E-state index contributed by atoms with van der Waals surface area (Å²) in [4.78, 5) is 20.8. The van der Waals surface area contributed by atoms with E-state index in [2.05, 4.69) is 25.8 Å². The number of hydrogen-bond acceptors (Lipinski definition) is 8. The van der Waals surface area contributed by atoms with Gasteiger partial charge in [0.2, 0.25) is 0 Å². The number of fused-ring (bicyclic) bond motifs is 1. The first-order valence-corrected chi connectivity index (χ1v) is 12.2. The lowest BCUT2D eigenvalue weighted by molar-refractivity contribution is -0.183. The van der Waals surface area contributed by atoms with Gasteiger partial charge in [0.25, 0.3) is 0 Å². The van der Waals surface area contributed by atoms with E-state index in [4.69, 9.17) is 14.6 Å². The van der Waals surface area contributed by atoms with Crippen LogP contribution in [0.4, 0.5) is 23.8 Å². The van der Waals surface area contributed by atoms with E-state index >= 15 is 0 Å². The quantitative estimate of drug-likeness (QED) is 0.195. The molecule has 0 bridgehead atoms. The van der Waals surface area contributed by atoms with Gasteiger partial charge in [0, 0.05) is 43.4 Å². The molecule has 2 aromatic heterocycles. The number of methoxy groups -OCH3 is 1. The molecule has 3 N–H and O–H groups in total. The van der Waals surface area contributed by atoms with Gasteiger partial charge in [-0.05, 0) is 43.2 Å². The van der Waals surface area contributed by atoms with Gasteiger partial charge in [0.05, 0.1) is 24.0 Å². The van der Waals surface area contributed by atoms with Gasteiger partial charge >= 0.3 is 12.3 Å². The Balaban J connectivity index is 1.43. The maximum Gasteiger partial charge on any atom is 0.408 e. The van der Waals surface area contributed by atoms with E-state index < -0.39 is 24.4 Å². The highest BCUT2D eigenvalue weighted by atomic mass is 19.4. The molecule has 10 nitrogen and oxygen atoms in total.